The van der Waals surface area contributed by atoms with E-state index in [0.717, 1.165) is 11.0 Å². The van der Waals surface area contributed by atoms with Crippen molar-refractivity contribution in [3.05, 3.63) is 80.2 Å². The zero-order valence-electron chi connectivity index (χ0n) is 11.8. The molecule has 120 valence electrons. The Balaban J connectivity index is 1.99. The van der Waals surface area contributed by atoms with E-state index in [1.54, 1.807) is 24.3 Å². The molecule has 0 spiro atoms. The minimum absolute atomic E-state index is 0.0501. The monoisotopic (exact) mass is 352 g/mol. The molecule has 0 aliphatic heterocycles. The third-order valence-corrected chi connectivity index (χ3v) is 4.23. The highest BCUT2D eigenvalue weighted by Crippen LogP contribution is 2.13. The maximum absolute atomic E-state index is 11.9. The van der Waals surface area contributed by atoms with Crippen molar-refractivity contribution in [1.29, 1.82) is 0 Å². The number of nitro benzene ring substituents is 1. The second-order valence-electron chi connectivity index (χ2n) is 4.64. The third-order valence-electron chi connectivity index (χ3n) is 2.93. The normalized spacial score (nSPS) is 11.7. The van der Waals surface area contributed by atoms with Gasteiger partial charge in [-0.15, -0.1) is 0 Å². The number of hydrogen-bond acceptors (Lipinski definition) is 4. The molecule has 2 aromatic rings. The van der Waals surface area contributed by atoms with E-state index in [-0.39, 0.29) is 12.2 Å². The average Bonchev–Trinajstić information content (AvgIpc) is 2.53. The summed E-state index contributed by atoms with van der Waals surface area (Å²) in [4.78, 5) is 10.0. The van der Waals surface area contributed by atoms with Crippen LogP contribution in [0.25, 0.3) is 6.08 Å². The third kappa shape index (κ3) is 5.48. The highest BCUT2D eigenvalue weighted by molar-refractivity contribution is 7.92. The van der Waals surface area contributed by atoms with Gasteiger partial charge in [0.15, 0.2) is 0 Å². The molecule has 2 rings (SSSR count). The molecule has 0 saturated carbocycles. The van der Waals surface area contributed by atoms with Crippen molar-refractivity contribution in [3.63, 3.8) is 0 Å². The van der Waals surface area contributed by atoms with Crippen LogP contribution in [0.5, 0.6) is 0 Å². The zero-order valence-corrected chi connectivity index (χ0v) is 13.4. The molecule has 0 amide bonds. The number of benzene rings is 2. The molecule has 8 heteroatoms. The Morgan fingerprint density at radius 3 is 2.26 bits per heavy atom. The molecular weight excluding hydrogens is 340 g/mol. The lowest BCUT2D eigenvalue weighted by Gasteiger charge is -2.03. The molecule has 0 radical (unpaired) electrons. The molecule has 0 bridgehead atoms. The summed E-state index contributed by atoms with van der Waals surface area (Å²) in [7, 11) is -3.61. The average molecular weight is 353 g/mol. The predicted molar refractivity (Wildman–Crippen MR) is 89.3 cm³/mol. The van der Waals surface area contributed by atoms with Crippen molar-refractivity contribution >= 4 is 33.4 Å². The largest absolute Gasteiger partial charge is 0.269 e. The van der Waals surface area contributed by atoms with E-state index in [4.69, 9.17) is 11.6 Å². The van der Waals surface area contributed by atoms with Gasteiger partial charge in [0.05, 0.1) is 4.92 Å². The maximum Gasteiger partial charge on any atom is 0.269 e. The van der Waals surface area contributed by atoms with E-state index >= 15 is 0 Å². The Hall–Kier alpha value is -2.22. The summed E-state index contributed by atoms with van der Waals surface area (Å²) >= 11 is 5.76. The van der Waals surface area contributed by atoms with Gasteiger partial charge in [-0.05, 0) is 41.5 Å². The summed E-state index contributed by atoms with van der Waals surface area (Å²) < 4.78 is 26.2. The molecule has 0 fully saturated rings. The van der Waals surface area contributed by atoms with Gasteiger partial charge in [0.25, 0.3) is 5.69 Å². The first-order valence-corrected chi connectivity index (χ1v) is 8.45. The summed E-state index contributed by atoms with van der Waals surface area (Å²) in [6.45, 7) is 0.143. The molecule has 0 heterocycles. The van der Waals surface area contributed by atoms with Gasteiger partial charge in [0.2, 0.25) is 10.0 Å². The number of rotatable bonds is 6. The Kier molecular flexibility index (Phi) is 5.49. The van der Waals surface area contributed by atoms with Crippen LogP contribution in [-0.2, 0) is 16.6 Å². The fourth-order valence-corrected chi connectivity index (χ4v) is 2.64. The number of nitrogens with zero attached hydrogens (tertiary/aromatic N) is 1. The SMILES string of the molecule is O=[N+]([O-])c1ccc(/C=C/S(=O)(=O)NCc2ccc(Cl)cc2)cc1. The van der Waals surface area contributed by atoms with Gasteiger partial charge < -0.3 is 0 Å². The maximum atomic E-state index is 11.9. The summed E-state index contributed by atoms with van der Waals surface area (Å²) in [5.74, 6) is 0. The number of non-ortho nitro benzene ring substituents is 1. The van der Waals surface area contributed by atoms with Gasteiger partial charge in [-0.1, -0.05) is 23.7 Å². The lowest BCUT2D eigenvalue weighted by molar-refractivity contribution is -0.384. The van der Waals surface area contributed by atoms with Gasteiger partial charge in [-0.2, -0.15) is 0 Å². The van der Waals surface area contributed by atoms with Crippen LogP contribution in [-0.4, -0.2) is 13.3 Å². The topological polar surface area (TPSA) is 89.3 Å². The Morgan fingerprint density at radius 1 is 1.09 bits per heavy atom. The minimum Gasteiger partial charge on any atom is -0.258 e. The summed E-state index contributed by atoms with van der Waals surface area (Å²) in [6, 6.07) is 12.4. The van der Waals surface area contributed by atoms with Crippen LogP contribution in [0.15, 0.2) is 53.9 Å². The molecule has 2 aromatic carbocycles. The van der Waals surface area contributed by atoms with Crippen LogP contribution in [0.3, 0.4) is 0 Å². The van der Waals surface area contributed by atoms with Crippen LogP contribution >= 0.6 is 11.6 Å². The van der Waals surface area contributed by atoms with Crippen LogP contribution in [0, 0.1) is 10.1 Å². The number of nitro groups is 1. The summed E-state index contributed by atoms with van der Waals surface area (Å²) in [5.41, 5.74) is 1.28. The fraction of sp³-hybridized carbons (Fsp3) is 0.0667. The highest BCUT2D eigenvalue weighted by atomic mass is 35.5. The Bertz CT molecular complexity index is 816. The van der Waals surface area contributed by atoms with Crippen LogP contribution in [0.1, 0.15) is 11.1 Å². The number of sulfonamides is 1. The molecule has 0 unspecified atom stereocenters. The number of halogens is 1. The van der Waals surface area contributed by atoms with E-state index in [9.17, 15) is 18.5 Å². The van der Waals surface area contributed by atoms with E-state index in [1.165, 1.54) is 30.3 Å². The van der Waals surface area contributed by atoms with Crippen molar-refractivity contribution in [2.24, 2.45) is 0 Å². The van der Waals surface area contributed by atoms with Crippen molar-refractivity contribution < 1.29 is 13.3 Å². The van der Waals surface area contributed by atoms with E-state index < -0.39 is 14.9 Å². The second kappa shape index (κ2) is 7.36. The summed E-state index contributed by atoms with van der Waals surface area (Å²) in [6.07, 6.45) is 1.37. The zero-order chi connectivity index (χ0) is 16.9. The Labute approximate surface area is 138 Å². The molecular formula is C15H13ClN2O4S. The van der Waals surface area contributed by atoms with Gasteiger partial charge in [0.1, 0.15) is 0 Å². The quantitative estimate of drug-likeness (QED) is 0.637. The Morgan fingerprint density at radius 2 is 1.70 bits per heavy atom. The lowest BCUT2D eigenvalue weighted by Crippen LogP contribution is -2.20. The van der Waals surface area contributed by atoms with Crippen LogP contribution in [0.4, 0.5) is 5.69 Å². The van der Waals surface area contributed by atoms with Crippen molar-refractivity contribution in [3.8, 4) is 0 Å². The van der Waals surface area contributed by atoms with Crippen molar-refractivity contribution in [2.45, 2.75) is 6.54 Å². The van der Waals surface area contributed by atoms with Gasteiger partial charge >= 0.3 is 0 Å². The smallest absolute Gasteiger partial charge is 0.258 e. The molecule has 0 aromatic heterocycles. The van der Waals surface area contributed by atoms with Crippen LogP contribution < -0.4 is 4.72 Å². The summed E-state index contributed by atoms with van der Waals surface area (Å²) in [5, 5.41) is 12.1. The second-order valence-corrected chi connectivity index (χ2v) is 6.73. The lowest BCUT2D eigenvalue weighted by atomic mass is 10.2. The van der Waals surface area contributed by atoms with Crippen LogP contribution in [0.2, 0.25) is 5.02 Å². The minimum atomic E-state index is -3.61. The molecule has 0 saturated heterocycles. The number of hydrogen-bond donors (Lipinski definition) is 1. The molecule has 0 aliphatic rings. The van der Waals surface area contributed by atoms with E-state index in [2.05, 4.69) is 4.72 Å². The van der Waals surface area contributed by atoms with Crippen molar-refractivity contribution in [1.82, 2.24) is 4.72 Å². The van der Waals surface area contributed by atoms with Gasteiger partial charge in [-0.3, -0.25) is 10.1 Å². The molecule has 0 atom stereocenters. The first kappa shape index (κ1) is 17.1. The molecule has 6 nitrogen and oxygen atoms in total. The fourth-order valence-electron chi connectivity index (χ4n) is 1.71. The highest BCUT2D eigenvalue weighted by Gasteiger charge is 2.06. The van der Waals surface area contributed by atoms with Gasteiger partial charge in [-0.25, -0.2) is 13.1 Å². The van der Waals surface area contributed by atoms with E-state index in [0.29, 0.717) is 10.6 Å². The first-order chi connectivity index (χ1) is 10.9. The number of nitrogens with one attached hydrogen (secondary N) is 1. The predicted octanol–water partition coefficient (Wildman–Crippen LogP) is 3.34. The van der Waals surface area contributed by atoms with Crippen molar-refractivity contribution in [2.75, 3.05) is 0 Å². The first-order valence-electron chi connectivity index (χ1n) is 6.52. The molecule has 23 heavy (non-hydrogen) atoms. The molecule has 1 N–H and O–H groups in total. The van der Waals surface area contributed by atoms with E-state index in [1.807, 2.05) is 0 Å². The standard InChI is InChI=1S/C15H13ClN2O4S/c16-14-5-1-13(2-6-14)11-17-23(21,22)10-9-12-3-7-15(8-4-12)18(19)20/h1-10,17H,11H2/b10-9+. The molecule has 0 aliphatic carbocycles. The van der Waals surface area contributed by atoms with Gasteiger partial charge in [0, 0.05) is 29.1 Å².